The minimum absolute atomic E-state index is 0.358. The molecule has 0 atom stereocenters. The predicted molar refractivity (Wildman–Crippen MR) is 98.9 cm³/mol. The summed E-state index contributed by atoms with van der Waals surface area (Å²) in [5, 5.41) is 3.07. The van der Waals surface area contributed by atoms with Gasteiger partial charge in [-0.1, -0.05) is 0 Å². The summed E-state index contributed by atoms with van der Waals surface area (Å²) >= 11 is 0. The summed E-state index contributed by atoms with van der Waals surface area (Å²) in [6.45, 7) is 2.77. The standard InChI is InChI=1S/C19H17FN6O/c1-12-9-25(11-22-12)16-5-4-13(7-15(16)20)23-19-21-8-17-18(24-19)26-6-2-3-14(26)10-27-17/h4-5,7-11H,2-3,6H2,1H3,(H,21,23,24). The Kier molecular flexibility index (Phi) is 3.56. The number of aromatic nitrogens is 4. The normalized spacial score (nSPS) is 15.0. The van der Waals surface area contributed by atoms with Crippen molar-refractivity contribution in [2.45, 2.75) is 19.8 Å². The molecule has 136 valence electrons. The summed E-state index contributed by atoms with van der Waals surface area (Å²) in [6, 6.07) is 4.90. The number of hydrogen-bond donors (Lipinski definition) is 1. The summed E-state index contributed by atoms with van der Waals surface area (Å²) in [7, 11) is 0. The SMILES string of the molecule is Cc1cn(-c2ccc(Nc3ncc4c(n3)N3CCCC3=CO4)cc2F)cn1. The molecule has 1 saturated heterocycles. The molecule has 5 rings (SSSR count). The van der Waals surface area contributed by atoms with Crippen LogP contribution in [0.5, 0.6) is 5.75 Å². The number of ether oxygens (including phenoxy) is 1. The van der Waals surface area contributed by atoms with Crippen molar-refractivity contribution in [2.24, 2.45) is 0 Å². The third kappa shape index (κ3) is 2.79. The van der Waals surface area contributed by atoms with E-state index in [2.05, 4.69) is 25.2 Å². The molecule has 2 aliphatic rings. The number of nitrogens with one attached hydrogen (secondary N) is 1. The fraction of sp³-hybridized carbons (Fsp3) is 0.211. The van der Waals surface area contributed by atoms with Crippen LogP contribution in [0.25, 0.3) is 5.69 Å². The van der Waals surface area contributed by atoms with Crippen molar-refractivity contribution < 1.29 is 9.13 Å². The lowest BCUT2D eigenvalue weighted by Crippen LogP contribution is -2.22. The fourth-order valence-corrected chi connectivity index (χ4v) is 3.37. The van der Waals surface area contributed by atoms with E-state index in [1.165, 1.54) is 6.07 Å². The van der Waals surface area contributed by atoms with Crippen molar-refractivity contribution in [3.05, 3.63) is 60.4 Å². The summed E-state index contributed by atoms with van der Waals surface area (Å²) < 4.78 is 21.8. The fourth-order valence-electron chi connectivity index (χ4n) is 3.37. The number of rotatable bonds is 3. The molecule has 0 saturated carbocycles. The van der Waals surface area contributed by atoms with E-state index < -0.39 is 0 Å². The van der Waals surface area contributed by atoms with Crippen LogP contribution in [-0.2, 0) is 0 Å². The minimum Gasteiger partial charge on any atom is -0.458 e. The van der Waals surface area contributed by atoms with Gasteiger partial charge < -0.3 is 19.5 Å². The van der Waals surface area contributed by atoms with Gasteiger partial charge in [0.15, 0.2) is 11.6 Å². The maximum absolute atomic E-state index is 14.5. The van der Waals surface area contributed by atoms with Crippen molar-refractivity contribution in [1.82, 2.24) is 19.5 Å². The molecule has 0 spiro atoms. The molecule has 0 unspecified atom stereocenters. The number of nitrogens with zero attached hydrogens (tertiary/aromatic N) is 5. The zero-order valence-electron chi connectivity index (χ0n) is 14.7. The summed E-state index contributed by atoms with van der Waals surface area (Å²) in [5.74, 6) is 1.41. The van der Waals surface area contributed by atoms with E-state index in [4.69, 9.17) is 4.74 Å². The molecule has 1 N–H and O–H groups in total. The highest BCUT2D eigenvalue weighted by molar-refractivity contribution is 5.64. The molecular weight excluding hydrogens is 347 g/mol. The van der Waals surface area contributed by atoms with E-state index in [9.17, 15) is 4.39 Å². The molecule has 8 heteroatoms. The summed E-state index contributed by atoms with van der Waals surface area (Å²) in [5.41, 5.74) is 2.96. The lowest BCUT2D eigenvalue weighted by Gasteiger charge is -2.25. The predicted octanol–water partition coefficient (Wildman–Crippen LogP) is 3.69. The van der Waals surface area contributed by atoms with E-state index in [-0.39, 0.29) is 5.82 Å². The molecule has 0 amide bonds. The van der Waals surface area contributed by atoms with Gasteiger partial charge in [0.1, 0.15) is 12.1 Å². The van der Waals surface area contributed by atoms with Crippen LogP contribution in [0.3, 0.4) is 0 Å². The number of allylic oxidation sites excluding steroid dienone is 1. The van der Waals surface area contributed by atoms with Crippen molar-refractivity contribution in [3.63, 3.8) is 0 Å². The van der Waals surface area contributed by atoms with E-state index in [0.29, 0.717) is 23.1 Å². The van der Waals surface area contributed by atoms with Crippen LogP contribution >= 0.6 is 0 Å². The topological polar surface area (TPSA) is 68.1 Å². The lowest BCUT2D eigenvalue weighted by atomic mass is 10.2. The molecule has 1 fully saturated rings. The van der Waals surface area contributed by atoms with E-state index in [1.807, 2.05) is 6.92 Å². The van der Waals surface area contributed by atoms with Gasteiger partial charge in [-0.25, -0.2) is 14.4 Å². The Bertz CT molecular complexity index is 1060. The second kappa shape index (κ2) is 6.08. The Morgan fingerprint density at radius 1 is 1.26 bits per heavy atom. The number of aryl methyl sites for hydroxylation is 1. The molecule has 2 aliphatic heterocycles. The van der Waals surface area contributed by atoms with Gasteiger partial charge in [0, 0.05) is 18.4 Å². The molecule has 1 aromatic carbocycles. The first kappa shape index (κ1) is 15.8. The first-order valence-corrected chi connectivity index (χ1v) is 8.75. The van der Waals surface area contributed by atoms with Crippen LogP contribution < -0.4 is 15.0 Å². The number of imidazole rings is 1. The van der Waals surface area contributed by atoms with Crippen LogP contribution in [0.1, 0.15) is 18.5 Å². The Labute approximate surface area is 155 Å². The Morgan fingerprint density at radius 3 is 3.00 bits per heavy atom. The number of fused-ring (bicyclic) bond motifs is 3. The average Bonchev–Trinajstić information content (AvgIpc) is 3.31. The number of halogens is 1. The van der Waals surface area contributed by atoms with Gasteiger partial charge in [0.05, 0.1) is 29.6 Å². The van der Waals surface area contributed by atoms with Crippen LogP contribution in [0, 0.1) is 12.7 Å². The summed E-state index contributed by atoms with van der Waals surface area (Å²) in [6.07, 6.45) is 8.81. The highest BCUT2D eigenvalue weighted by atomic mass is 19.1. The zero-order chi connectivity index (χ0) is 18.4. The number of hydrogen-bond acceptors (Lipinski definition) is 6. The maximum Gasteiger partial charge on any atom is 0.229 e. The van der Waals surface area contributed by atoms with Gasteiger partial charge in [-0.15, -0.1) is 0 Å². The first-order chi connectivity index (χ1) is 13.2. The maximum atomic E-state index is 14.5. The van der Waals surface area contributed by atoms with E-state index in [1.54, 1.807) is 41.7 Å². The van der Waals surface area contributed by atoms with Gasteiger partial charge in [-0.2, -0.15) is 4.98 Å². The highest BCUT2D eigenvalue weighted by Gasteiger charge is 2.27. The lowest BCUT2D eigenvalue weighted by molar-refractivity contribution is 0.458. The quantitative estimate of drug-likeness (QED) is 0.765. The van der Waals surface area contributed by atoms with Gasteiger partial charge in [0.25, 0.3) is 0 Å². The largest absolute Gasteiger partial charge is 0.458 e. The Morgan fingerprint density at radius 2 is 2.19 bits per heavy atom. The van der Waals surface area contributed by atoms with Crippen LogP contribution in [0.15, 0.2) is 48.9 Å². The van der Waals surface area contributed by atoms with E-state index >= 15 is 0 Å². The monoisotopic (exact) mass is 364 g/mol. The minimum atomic E-state index is -0.358. The smallest absolute Gasteiger partial charge is 0.229 e. The van der Waals surface area contributed by atoms with Crippen molar-refractivity contribution in [3.8, 4) is 11.4 Å². The molecule has 27 heavy (non-hydrogen) atoms. The van der Waals surface area contributed by atoms with Gasteiger partial charge >= 0.3 is 0 Å². The second-order valence-electron chi connectivity index (χ2n) is 6.58. The van der Waals surface area contributed by atoms with Gasteiger partial charge in [-0.3, -0.25) is 0 Å². The highest BCUT2D eigenvalue weighted by Crippen LogP contribution is 2.38. The van der Waals surface area contributed by atoms with Crippen LogP contribution in [-0.4, -0.2) is 26.1 Å². The number of benzene rings is 1. The summed E-state index contributed by atoms with van der Waals surface area (Å²) in [4.78, 5) is 15.1. The first-order valence-electron chi connectivity index (χ1n) is 8.75. The molecule has 0 aliphatic carbocycles. The van der Waals surface area contributed by atoms with Gasteiger partial charge in [-0.05, 0) is 38.0 Å². The Hall–Kier alpha value is -3.42. The molecule has 7 nitrogen and oxygen atoms in total. The third-order valence-corrected chi connectivity index (χ3v) is 4.67. The van der Waals surface area contributed by atoms with Crippen molar-refractivity contribution in [1.29, 1.82) is 0 Å². The molecular formula is C19H17FN6O. The number of anilines is 3. The van der Waals surface area contributed by atoms with Crippen molar-refractivity contribution >= 4 is 17.5 Å². The van der Waals surface area contributed by atoms with Crippen LogP contribution in [0.2, 0.25) is 0 Å². The Balaban J connectivity index is 1.41. The molecule has 2 aromatic heterocycles. The van der Waals surface area contributed by atoms with Crippen molar-refractivity contribution in [2.75, 3.05) is 16.8 Å². The van der Waals surface area contributed by atoms with Gasteiger partial charge in [0.2, 0.25) is 5.95 Å². The molecule has 3 aromatic rings. The van der Waals surface area contributed by atoms with E-state index in [0.717, 1.165) is 36.6 Å². The zero-order valence-corrected chi connectivity index (χ0v) is 14.7. The second-order valence-corrected chi connectivity index (χ2v) is 6.58. The average molecular weight is 364 g/mol. The third-order valence-electron chi connectivity index (χ3n) is 4.67. The molecule has 0 radical (unpaired) electrons. The molecule has 0 bridgehead atoms. The molecule has 4 heterocycles. The van der Waals surface area contributed by atoms with Crippen LogP contribution in [0.4, 0.5) is 21.8 Å².